The molecule has 2 fully saturated rings. The van der Waals surface area contributed by atoms with Gasteiger partial charge in [-0.2, -0.15) is 0 Å². The van der Waals surface area contributed by atoms with Crippen molar-refractivity contribution in [2.45, 2.75) is 44.7 Å². The molecule has 1 N–H and O–H groups in total. The van der Waals surface area contributed by atoms with E-state index < -0.39 is 6.04 Å². The van der Waals surface area contributed by atoms with E-state index in [-0.39, 0.29) is 24.5 Å². The van der Waals surface area contributed by atoms with Crippen LogP contribution >= 0.6 is 24.0 Å². The maximum atomic E-state index is 13.2. The predicted molar refractivity (Wildman–Crippen MR) is 119 cm³/mol. The van der Waals surface area contributed by atoms with Gasteiger partial charge in [0.05, 0.1) is 12.0 Å². The number of para-hydroxylation sites is 1. The number of rotatable bonds is 6. The number of aliphatic hydroxyl groups is 1. The minimum absolute atomic E-state index is 0.0197. The Morgan fingerprint density at radius 3 is 2.90 bits per heavy atom. The van der Waals surface area contributed by atoms with Crippen LogP contribution in [0.25, 0.3) is 6.08 Å². The largest absolute Gasteiger partial charge is 0.496 e. The Balaban J connectivity index is 1.80. The van der Waals surface area contributed by atoms with Gasteiger partial charge in [0.15, 0.2) is 0 Å². The van der Waals surface area contributed by atoms with Crippen LogP contribution in [0.5, 0.6) is 5.75 Å². The molecule has 1 aromatic rings. The number of amides is 2. The molecule has 8 heteroatoms. The lowest BCUT2D eigenvalue weighted by atomic mass is 9.98. The van der Waals surface area contributed by atoms with Crippen molar-refractivity contribution in [3.63, 3.8) is 0 Å². The van der Waals surface area contributed by atoms with Gasteiger partial charge in [-0.3, -0.25) is 14.5 Å². The summed E-state index contributed by atoms with van der Waals surface area (Å²) in [6.07, 6.45) is 5.18. The third-order valence-corrected chi connectivity index (χ3v) is 6.70. The highest BCUT2D eigenvalue weighted by Crippen LogP contribution is 2.36. The molecule has 2 saturated heterocycles. The SMILES string of the molecule is COc1ccccc1/C=C1/SC(=S)N([C@H](C)C(=O)N2CCCC[C@H]2CCO)C1=O. The third kappa shape index (κ3) is 4.65. The number of carbonyl (C=O) groups excluding carboxylic acids is 2. The second-order valence-corrected chi connectivity index (χ2v) is 8.84. The van der Waals surface area contributed by atoms with Gasteiger partial charge in [0.2, 0.25) is 5.91 Å². The Hall–Kier alpha value is -1.90. The first-order chi connectivity index (χ1) is 14.0. The van der Waals surface area contributed by atoms with Crippen molar-refractivity contribution in [3.05, 3.63) is 34.7 Å². The van der Waals surface area contributed by atoms with Crippen molar-refractivity contribution in [2.24, 2.45) is 0 Å². The lowest BCUT2D eigenvalue weighted by molar-refractivity contribution is -0.142. The van der Waals surface area contributed by atoms with Gasteiger partial charge in [-0.15, -0.1) is 0 Å². The van der Waals surface area contributed by atoms with Gasteiger partial charge in [-0.1, -0.05) is 42.2 Å². The fraction of sp³-hybridized carbons (Fsp3) is 0.476. The van der Waals surface area contributed by atoms with Crippen LogP contribution < -0.4 is 4.74 Å². The van der Waals surface area contributed by atoms with E-state index in [1.54, 1.807) is 20.1 Å². The molecule has 29 heavy (non-hydrogen) atoms. The topological polar surface area (TPSA) is 70.1 Å². The van der Waals surface area contributed by atoms with E-state index in [0.717, 1.165) is 24.8 Å². The van der Waals surface area contributed by atoms with Crippen molar-refractivity contribution >= 4 is 46.2 Å². The summed E-state index contributed by atoms with van der Waals surface area (Å²) in [5.74, 6) is 0.294. The highest BCUT2D eigenvalue weighted by atomic mass is 32.2. The number of likely N-dealkylation sites (tertiary alicyclic amines) is 1. The minimum Gasteiger partial charge on any atom is -0.496 e. The Morgan fingerprint density at radius 1 is 1.41 bits per heavy atom. The van der Waals surface area contributed by atoms with Crippen LogP contribution in [-0.4, -0.2) is 63.4 Å². The summed E-state index contributed by atoms with van der Waals surface area (Å²) in [5.41, 5.74) is 0.786. The number of thiocarbonyl (C=S) groups is 1. The zero-order valence-electron chi connectivity index (χ0n) is 16.7. The van der Waals surface area contributed by atoms with Crippen molar-refractivity contribution in [2.75, 3.05) is 20.3 Å². The smallest absolute Gasteiger partial charge is 0.266 e. The molecule has 0 spiro atoms. The molecule has 3 rings (SSSR count). The lowest BCUT2D eigenvalue weighted by Crippen LogP contribution is -2.53. The zero-order valence-corrected chi connectivity index (χ0v) is 18.3. The molecule has 0 unspecified atom stereocenters. The number of hydrogen-bond donors (Lipinski definition) is 1. The molecule has 2 amide bonds. The van der Waals surface area contributed by atoms with Crippen molar-refractivity contribution in [1.82, 2.24) is 9.80 Å². The van der Waals surface area contributed by atoms with Crippen LogP contribution in [0.2, 0.25) is 0 Å². The van der Waals surface area contributed by atoms with Gasteiger partial charge in [0.1, 0.15) is 16.1 Å². The zero-order chi connectivity index (χ0) is 21.0. The monoisotopic (exact) mass is 434 g/mol. The fourth-order valence-electron chi connectivity index (χ4n) is 3.83. The van der Waals surface area contributed by atoms with Gasteiger partial charge in [-0.05, 0) is 44.7 Å². The van der Waals surface area contributed by atoms with Crippen LogP contribution in [0.4, 0.5) is 0 Å². The molecule has 1 aromatic carbocycles. The van der Waals surface area contributed by atoms with Crippen molar-refractivity contribution in [1.29, 1.82) is 0 Å². The highest BCUT2D eigenvalue weighted by Gasteiger charge is 2.41. The second kappa shape index (κ2) is 9.73. The van der Waals surface area contributed by atoms with Crippen LogP contribution in [-0.2, 0) is 9.59 Å². The van der Waals surface area contributed by atoms with E-state index in [2.05, 4.69) is 0 Å². The van der Waals surface area contributed by atoms with Crippen LogP contribution in [0.15, 0.2) is 29.2 Å². The summed E-state index contributed by atoms with van der Waals surface area (Å²) in [7, 11) is 1.58. The van der Waals surface area contributed by atoms with Crippen LogP contribution in [0.1, 0.15) is 38.2 Å². The lowest BCUT2D eigenvalue weighted by Gasteiger charge is -2.38. The third-order valence-electron chi connectivity index (χ3n) is 5.37. The molecule has 0 radical (unpaired) electrons. The highest BCUT2D eigenvalue weighted by molar-refractivity contribution is 8.26. The molecule has 2 aliphatic rings. The Bertz CT molecular complexity index is 825. The average Bonchev–Trinajstić information content (AvgIpc) is 3.01. The van der Waals surface area contributed by atoms with Crippen LogP contribution in [0.3, 0.4) is 0 Å². The quantitative estimate of drug-likeness (QED) is 0.548. The molecule has 2 heterocycles. The van der Waals surface area contributed by atoms with Gasteiger partial charge >= 0.3 is 0 Å². The molecule has 0 saturated carbocycles. The molecule has 0 bridgehead atoms. The molecular formula is C21H26N2O4S2. The molecule has 2 aliphatic heterocycles. The maximum absolute atomic E-state index is 13.2. The maximum Gasteiger partial charge on any atom is 0.266 e. The molecule has 0 aromatic heterocycles. The summed E-state index contributed by atoms with van der Waals surface area (Å²) in [6.45, 7) is 2.43. The number of benzene rings is 1. The van der Waals surface area contributed by atoms with E-state index in [1.165, 1.54) is 16.7 Å². The number of piperidine rings is 1. The fourth-order valence-corrected chi connectivity index (χ4v) is 5.24. The first-order valence-electron chi connectivity index (χ1n) is 9.79. The Morgan fingerprint density at radius 2 is 2.17 bits per heavy atom. The molecular weight excluding hydrogens is 408 g/mol. The normalized spacial score (nSPS) is 22.3. The number of aliphatic hydroxyl groups excluding tert-OH is 1. The summed E-state index contributed by atoms with van der Waals surface area (Å²) >= 11 is 6.64. The van der Waals surface area contributed by atoms with E-state index in [9.17, 15) is 14.7 Å². The number of hydrogen-bond acceptors (Lipinski definition) is 6. The van der Waals surface area contributed by atoms with Crippen molar-refractivity contribution < 1.29 is 19.4 Å². The number of nitrogens with zero attached hydrogens (tertiary/aromatic N) is 2. The van der Waals surface area contributed by atoms with Crippen LogP contribution in [0, 0.1) is 0 Å². The number of thioether (sulfide) groups is 1. The van der Waals surface area contributed by atoms with E-state index in [1.807, 2.05) is 29.2 Å². The minimum atomic E-state index is -0.676. The summed E-state index contributed by atoms with van der Waals surface area (Å²) in [4.78, 5) is 29.9. The van der Waals surface area contributed by atoms with Crippen molar-refractivity contribution in [3.8, 4) is 5.75 Å². The molecule has 6 nitrogen and oxygen atoms in total. The predicted octanol–water partition coefficient (Wildman–Crippen LogP) is 3.05. The van der Waals surface area contributed by atoms with Gasteiger partial charge in [0, 0.05) is 24.8 Å². The van der Waals surface area contributed by atoms with Gasteiger partial charge < -0.3 is 14.7 Å². The Labute approximate surface area is 180 Å². The number of ether oxygens (including phenoxy) is 1. The van der Waals surface area contributed by atoms with Gasteiger partial charge in [-0.25, -0.2) is 0 Å². The van der Waals surface area contributed by atoms with E-state index in [0.29, 0.717) is 27.9 Å². The van der Waals surface area contributed by atoms with E-state index in [4.69, 9.17) is 17.0 Å². The first-order valence-corrected chi connectivity index (χ1v) is 11.0. The number of methoxy groups -OCH3 is 1. The first kappa shape index (κ1) is 21.8. The van der Waals surface area contributed by atoms with Gasteiger partial charge in [0.25, 0.3) is 5.91 Å². The summed E-state index contributed by atoms with van der Waals surface area (Å²) < 4.78 is 5.73. The number of carbonyl (C=O) groups is 2. The average molecular weight is 435 g/mol. The standard InChI is InChI=1S/C21H26N2O4S2/c1-14(19(25)22-11-6-5-8-16(22)10-12-24)23-20(26)18(29-21(23)28)13-15-7-3-4-9-17(15)27-2/h3-4,7,9,13-14,16,24H,5-6,8,10-12H2,1-2H3/b18-13+/t14-,16+/m1/s1. The van der Waals surface area contributed by atoms with E-state index >= 15 is 0 Å². The second-order valence-electron chi connectivity index (χ2n) is 7.16. The molecule has 156 valence electrons. The Kier molecular flexibility index (Phi) is 7.32. The molecule has 2 atom stereocenters. The summed E-state index contributed by atoms with van der Waals surface area (Å²) in [5, 5.41) is 9.33. The summed E-state index contributed by atoms with van der Waals surface area (Å²) in [6, 6.07) is 6.78. The molecule has 0 aliphatic carbocycles.